The van der Waals surface area contributed by atoms with E-state index in [1.165, 1.54) is 137 Å². The van der Waals surface area contributed by atoms with Gasteiger partial charge >= 0.3 is 0 Å². The average molecular weight is 1060 g/mol. The number of hydrogen-bond acceptors (Lipinski definition) is 2. The van der Waals surface area contributed by atoms with Crippen molar-refractivity contribution in [2.75, 3.05) is 4.90 Å². The second-order valence-corrected chi connectivity index (χ2v) is 22.9. The minimum absolute atomic E-state index is 0.500. The van der Waals surface area contributed by atoms with Gasteiger partial charge in [-0.1, -0.05) is 231 Å². The van der Waals surface area contributed by atoms with Gasteiger partial charge in [-0.3, -0.25) is 0 Å². The zero-order chi connectivity index (χ0) is 53.9. The zero-order valence-electron chi connectivity index (χ0n) is 44.7. The molecule has 0 bridgehead atoms. The third kappa shape index (κ3) is 6.94. The molecule has 17 rings (SSSR count). The zero-order valence-corrected chi connectivity index (χ0v) is 45.5. The highest BCUT2D eigenvalue weighted by molar-refractivity contribution is 7.27. The van der Waals surface area contributed by atoms with Crippen LogP contribution in [0.1, 0.15) is 22.3 Å². The van der Waals surface area contributed by atoms with E-state index < -0.39 is 5.41 Å². The Morgan fingerprint density at radius 2 is 0.744 bits per heavy atom. The van der Waals surface area contributed by atoms with Gasteiger partial charge < -0.3 is 9.47 Å². The first kappa shape index (κ1) is 46.6. The summed E-state index contributed by atoms with van der Waals surface area (Å²) in [5.41, 5.74) is 26.8. The van der Waals surface area contributed by atoms with Gasteiger partial charge in [-0.2, -0.15) is 0 Å². The number of para-hydroxylation sites is 2. The molecule has 382 valence electrons. The summed E-state index contributed by atoms with van der Waals surface area (Å²) in [5, 5.41) is 5.11. The van der Waals surface area contributed by atoms with Crippen LogP contribution in [0.4, 0.5) is 17.1 Å². The first-order chi connectivity index (χ1) is 40.7. The van der Waals surface area contributed by atoms with E-state index in [1.54, 1.807) is 0 Å². The second kappa shape index (κ2) is 18.4. The van der Waals surface area contributed by atoms with Crippen LogP contribution in [-0.4, -0.2) is 4.57 Å². The third-order valence-corrected chi connectivity index (χ3v) is 18.9. The lowest BCUT2D eigenvalue weighted by atomic mass is 9.70. The standard InChI is InChI=1S/C79H50N2S/c1-4-17-51(18-5-1)53-31-39-59(40-32-53)80(60-41-33-54(34-42-60)52-19-6-2-7-20-52)61-43-35-55(36-44-61)62-26-16-27-66-67-46-47-72-76(78(67)82-77(62)66)68-25-11-14-29-71(68)79(72)70-28-13-10-23-63(70)64-45-37-57(50-73(64)79)56-38-48-75-69(49-56)65-24-12-15-30-74(65)81(75)58-21-8-3-9-22-58/h1-50H. The van der Waals surface area contributed by atoms with Crippen molar-refractivity contribution in [1.29, 1.82) is 0 Å². The van der Waals surface area contributed by atoms with Crippen molar-refractivity contribution in [1.82, 2.24) is 4.57 Å². The van der Waals surface area contributed by atoms with Crippen molar-refractivity contribution >= 4 is 70.4 Å². The second-order valence-electron chi connectivity index (χ2n) is 21.9. The van der Waals surface area contributed by atoms with E-state index in [2.05, 4.69) is 313 Å². The third-order valence-electron chi connectivity index (χ3n) is 17.6. The summed E-state index contributed by atoms with van der Waals surface area (Å²) in [6.07, 6.45) is 0. The highest BCUT2D eigenvalue weighted by Gasteiger charge is 2.52. The number of benzene rings is 13. The maximum atomic E-state index is 2.52. The normalized spacial score (nSPS) is 13.9. The molecule has 13 aromatic carbocycles. The van der Waals surface area contributed by atoms with Crippen LogP contribution in [0.5, 0.6) is 0 Å². The maximum Gasteiger partial charge on any atom is 0.0726 e. The Labute approximate surface area is 480 Å². The molecule has 2 aromatic heterocycles. The monoisotopic (exact) mass is 1060 g/mol. The fourth-order valence-electron chi connectivity index (χ4n) is 14.0. The molecule has 0 amide bonds. The van der Waals surface area contributed by atoms with Gasteiger partial charge in [0.05, 0.1) is 16.4 Å². The number of hydrogen-bond donors (Lipinski definition) is 0. The Bertz CT molecular complexity index is 4920. The Balaban J connectivity index is 0.788. The van der Waals surface area contributed by atoms with Crippen LogP contribution < -0.4 is 4.90 Å². The van der Waals surface area contributed by atoms with E-state index in [4.69, 9.17) is 0 Å². The van der Waals surface area contributed by atoms with Crippen LogP contribution in [0.25, 0.3) is 114 Å². The minimum atomic E-state index is -0.500. The quantitative estimate of drug-likeness (QED) is 0.147. The summed E-state index contributed by atoms with van der Waals surface area (Å²) >= 11 is 1.95. The molecule has 15 aromatic rings. The van der Waals surface area contributed by atoms with Gasteiger partial charge in [0.25, 0.3) is 0 Å². The molecule has 2 heterocycles. The van der Waals surface area contributed by atoms with Crippen molar-refractivity contribution in [2.24, 2.45) is 0 Å². The lowest BCUT2D eigenvalue weighted by Gasteiger charge is -2.30. The average Bonchev–Trinajstić information content (AvgIpc) is 2.40. The van der Waals surface area contributed by atoms with Crippen LogP contribution >= 0.6 is 11.3 Å². The molecule has 1 spiro atoms. The molecule has 2 nitrogen and oxygen atoms in total. The van der Waals surface area contributed by atoms with E-state index in [9.17, 15) is 0 Å². The van der Waals surface area contributed by atoms with E-state index >= 15 is 0 Å². The Kier molecular flexibility index (Phi) is 10.4. The van der Waals surface area contributed by atoms with Crippen LogP contribution in [0.3, 0.4) is 0 Å². The summed E-state index contributed by atoms with van der Waals surface area (Å²) < 4.78 is 5.05. The van der Waals surface area contributed by atoms with Gasteiger partial charge in [0.15, 0.2) is 0 Å². The van der Waals surface area contributed by atoms with Gasteiger partial charge in [-0.05, 0) is 156 Å². The summed E-state index contributed by atoms with van der Waals surface area (Å²) in [7, 11) is 0. The number of rotatable bonds is 8. The van der Waals surface area contributed by atoms with Gasteiger partial charge in [0.2, 0.25) is 0 Å². The summed E-state index contributed by atoms with van der Waals surface area (Å²) in [6.45, 7) is 0. The van der Waals surface area contributed by atoms with E-state index in [1.807, 2.05) is 11.3 Å². The first-order valence-corrected chi connectivity index (χ1v) is 29.1. The number of anilines is 3. The Morgan fingerprint density at radius 3 is 1.43 bits per heavy atom. The van der Waals surface area contributed by atoms with E-state index in [0.29, 0.717) is 0 Å². The molecule has 2 aliphatic carbocycles. The van der Waals surface area contributed by atoms with E-state index in [0.717, 1.165) is 17.1 Å². The van der Waals surface area contributed by atoms with Gasteiger partial charge in [0.1, 0.15) is 0 Å². The molecule has 2 aliphatic rings. The lowest BCUT2D eigenvalue weighted by molar-refractivity contribution is 0.795. The fraction of sp³-hybridized carbons (Fsp3) is 0.0127. The van der Waals surface area contributed by atoms with Crippen molar-refractivity contribution in [3.63, 3.8) is 0 Å². The fourth-order valence-corrected chi connectivity index (χ4v) is 15.4. The maximum absolute atomic E-state index is 2.52. The molecule has 1 unspecified atom stereocenters. The van der Waals surface area contributed by atoms with Gasteiger partial charge in [0, 0.05) is 59.3 Å². The largest absolute Gasteiger partial charge is 0.311 e. The van der Waals surface area contributed by atoms with Gasteiger partial charge in [-0.25, -0.2) is 0 Å². The topological polar surface area (TPSA) is 8.17 Å². The van der Waals surface area contributed by atoms with Crippen LogP contribution in [-0.2, 0) is 5.41 Å². The lowest BCUT2D eigenvalue weighted by Crippen LogP contribution is -2.25. The number of nitrogens with zero attached hydrogens (tertiary/aromatic N) is 2. The first-order valence-electron chi connectivity index (χ1n) is 28.3. The van der Waals surface area contributed by atoms with Gasteiger partial charge in [-0.15, -0.1) is 11.3 Å². The highest BCUT2D eigenvalue weighted by atomic mass is 32.1. The molecule has 0 radical (unpaired) electrons. The molecule has 0 fully saturated rings. The SMILES string of the molecule is c1ccc(-c2ccc(N(c3ccc(-c4ccccc4)cc3)c3ccc(-c4cccc5c4sc4c6c(ccc45)C4(c5ccccc5-c5ccc(-c7ccc8c(c7)c7ccccc7n8-c7ccccc7)cc54)c4ccccc4-6)cc3)cc2)cc1. The molecule has 0 saturated heterocycles. The minimum Gasteiger partial charge on any atom is -0.311 e. The number of thiophene rings is 1. The summed E-state index contributed by atoms with van der Waals surface area (Å²) in [5.74, 6) is 0. The molecule has 1 atom stereocenters. The summed E-state index contributed by atoms with van der Waals surface area (Å²) in [6, 6.07) is 113. The van der Waals surface area contributed by atoms with Crippen molar-refractivity contribution < 1.29 is 0 Å². The predicted molar refractivity (Wildman–Crippen MR) is 346 cm³/mol. The van der Waals surface area contributed by atoms with Crippen LogP contribution in [0.15, 0.2) is 303 Å². The molecule has 82 heavy (non-hydrogen) atoms. The van der Waals surface area contributed by atoms with E-state index in [-0.39, 0.29) is 0 Å². The Hall–Kier alpha value is -10.3. The highest BCUT2D eigenvalue weighted by Crippen LogP contribution is 2.65. The molecule has 0 aliphatic heterocycles. The smallest absolute Gasteiger partial charge is 0.0726 e. The van der Waals surface area contributed by atoms with Crippen molar-refractivity contribution in [3.8, 4) is 72.4 Å². The molecular weight excluding hydrogens is 1010 g/mol. The number of aromatic nitrogens is 1. The number of fused-ring (bicyclic) bond motifs is 17. The molecule has 0 N–H and O–H groups in total. The molecule has 3 heteroatoms. The van der Waals surface area contributed by atoms with Crippen molar-refractivity contribution in [3.05, 3.63) is 326 Å². The predicted octanol–water partition coefficient (Wildman–Crippen LogP) is 21.6. The van der Waals surface area contributed by atoms with Crippen molar-refractivity contribution in [2.45, 2.75) is 5.41 Å². The molecular formula is C79H50N2S. The summed E-state index contributed by atoms with van der Waals surface area (Å²) in [4.78, 5) is 2.37. The Morgan fingerprint density at radius 1 is 0.268 bits per heavy atom. The molecule has 0 saturated carbocycles. The van der Waals surface area contributed by atoms with Crippen LogP contribution in [0.2, 0.25) is 0 Å². The van der Waals surface area contributed by atoms with Crippen LogP contribution in [0, 0.1) is 0 Å².